The van der Waals surface area contributed by atoms with Crippen LogP contribution in [0.5, 0.6) is 0 Å². The highest BCUT2D eigenvalue weighted by molar-refractivity contribution is 5.99. The van der Waals surface area contributed by atoms with Crippen molar-refractivity contribution in [1.29, 1.82) is 0 Å². The number of carbonyl (C=O) groups is 4. The summed E-state index contributed by atoms with van der Waals surface area (Å²) in [4.78, 5) is 57.1. The Morgan fingerprint density at radius 2 is 0.869 bits per heavy atom. The van der Waals surface area contributed by atoms with Crippen LogP contribution in [-0.2, 0) is 80.4 Å². The second kappa shape index (κ2) is 31.4. The fraction of sp³-hybridized carbons (Fsp3) is 0.531. The van der Waals surface area contributed by atoms with E-state index < -0.39 is 47.4 Å². The summed E-state index contributed by atoms with van der Waals surface area (Å²) in [6.45, 7) is 11.3. The van der Waals surface area contributed by atoms with E-state index >= 15 is 0 Å². The van der Waals surface area contributed by atoms with Gasteiger partial charge in [0.25, 0.3) is 0 Å². The summed E-state index contributed by atoms with van der Waals surface area (Å²) >= 11 is 0. The molecule has 4 fully saturated rings. The molecule has 2 saturated carbocycles. The molecular formula is C64H80F6N4O10. The van der Waals surface area contributed by atoms with Gasteiger partial charge in [-0.15, -0.1) is 0 Å². The minimum absolute atomic E-state index is 0.0315. The highest BCUT2D eigenvalue weighted by atomic mass is 19.4. The van der Waals surface area contributed by atoms with Gasteiger partial charge in [0.1, 0.15) is 13.2 Å². The molecule has 0 atom stereocenters. The van der Waals surface area contributed by atoms with Crippen molar-refractivity contribution < 1.29 is 75.6 Å². The lowest BCUT2D eigenvalue weighted by molar-refractivity contribution is -0.148. The van der Waals surface area contributed by atoms with Gasteiger partial charge in [-0.2, -0.15) is 26.3 Å². The van der Waals surface area contributed by atoms with E-state index in [1.54, 1.807) is 24.3 Å². The van der Waals surface area contributed by atoms with Crippen molar-refractivity contribution in [1.82, 2.24) is 9.80 Å². The Labute approximate surface area is 487 Å². The van der Waals surface area contributed by atoms with Crippen LogP contribution < -0.4 is 0 Å². The molecule has 4 aliphatic rings. The lowest BCUT2D eigenvalue weighted by atomic mass is 9.81. The molecule has 2 saturated heterocycles. The fourth-order valence-corrected chi connectivity index (χ4v) is 11.3. The van der Waals surface area contributed by atoms with E-state index in [1.165, 1.54) is 12.1 Å². The topological polar surface area (TPSA) is 199 Å². The SMILES string of the molecule is CCc1cc(/C(C)=N/OCc2ccc(C3CCCCC3)c(C(F)(F)F)c2)ccc1CN1CC(C(=O)O)C1.CCc1cc(/C(C)=N/OCc2ccc(C3CCCCC3)c(C(F)(F)F)c2)ccc1CN1CC(C(=O)O)C1.O=C(O)CCCCC(=O)O. The van der Waals surface area contributed by atoms with Crippen molar-refractivity contribution in [3.63, 3.8) is 0 Å². The predicted molar refractivity (Wildman–Crippen MR) is 307 cm³/mol. The van der Waals surface area contributed by atoms with Crippen molar-refractivity contribution in [2.45, 2.75) is 181 Å². The molecule has 2 aliphatic heterocycles. The second-order valence-corrected chi connectivity index (χ2v) is 22.5. The molecule has 458 valence electrons. The Hall–Kier alpha value is -6.80. The first-order valence-electron chi connectivity index (χ1n) is 29.2. The van der Waals surface area contributed by atoms with E-state index in [-0.39, 0.29) is 49.7 Å². The van der Waals surface area contributed by atoms with Crippen LogP contribution in [0.25, 0.3) is 0 Å². The number of nitrogens with zero attached hydrogens (tertiary/aromatic N) is 4. The van der Waals surface area contributed by atoms with Crippen molar-refractivity contribution in [3.8, 4) is 0 Å². The number of rotatable bonds is 23. The smallest absolute Gasteiger partial charge is 0.416 e. The molecule has 4 N–H and O–H groups in total. The molecule has 14 nitrogen and oxygen atoms in total. The zero-order chi connectivity index (χ0) is 61.1. The number of alkyl halides is 6. The number of unbranched alkanes of at least 4 members (excludes halogenated alkanes) is 1. The molecule has 0 radical (unpaired) electrons. The van der Waals surface area contributed by atoms with Crippen molar-refractivity contribution in [3.05, 3.63) is 140 Å². The number of aliphatic carboxylic acids is 4. The summed E-state index contributed by atoms with van der Waals surface area (Å²) in [5.41, 5.74) is 8.26. The van der Waals surface area contributed by atoms with Crippen LogP contribution in [0.1, 0.15) is 196 Å². The van der Waals surface area contributed by atoms with E-state index in [2.05, 4.69) is 34.0 Å². The van der Waals surface area contributed by atoms with Gasteiger partial charge in [-0.1, -0.05) is 111 Å². The monoisotopic (exact) mass is 1180 g/mol. The number of aryl methyl sites for hydroxylation is 2. The Morgan fingerprint density at radius 3 is 1.18 bits per heavy atom. The van der Waals surface area contributed by atoms with Crippen LogP contribution in [0.3, 0.4) is 0 Å². The number of likely N-dealkylation sites (tertiary alicyclic amines) is 2. The lowest BCUT2D eigenvalue weighted by Gasteiger charge is -2.37. The minimum atomic E-state index is -4.40. The van der Waals surface area contributed by atoms with Gasteiger partial charge in [-0.05, 0) is 157 Å². The van der Waals surface area contributed by atoms with Gasteiger partial charge in [0, 0.05) is 52.1 Å². The number of carboxylic acid groups (broad SMARTS) is 4. The first-order chi connectivity index (χ1) is 39.9. The van der Waals surface area contributed by atoms with Crippen LogP contribution in [0, 0.1) is 11.8 Å². The fourth-order valence-electron chi connectivity index (χ4n) is 11.3. The summed E-state index contributed by atoms with van der Waals surface area (Å²) in [6.07, 6.45) is 3.19. The second-order valence-electron chi connectivity index (χ2n) is 22.5. The number of oxime groups is 2. The van der Waals surface area contributed by atoms with Crippen LogP contribution in [0.4, 0.5) is 26.3 Å². The van der Waals surface area contributed by atoms with E-state index in [9.17, 15) is 45.5 Å². The van der Waals surface area contributed by atoms with Crippen molar-refractivity contribution >= 4 is 35.3 Å². The van der Waals surface area contributed by atoms with E-state index in [1.807, 2.05) is 50.2 Å². The van der Waals surface area contributed by atoms with Gasteiger partial charge in [-0.25, -0.2) is 0 Å². The molecule has 0 amide bonds. The molecule has 4 aromatic rings. The van der Waals surface area contributed by atoms with Gasteiger partial charge < -0.3 is 30.1 Å². The number of hydrogen-bond donors (Lipinski definition) is 4. The maximum Gasteiger partial charge on any atom is 0.416 e. The molecule has 0 bridgehead atoms. The lowest BCUT2D eigenvalue weighted by Crippen LogP contribution is -2.49. The summed E-state index contributed by atoms with van der Waals surface area (Å²) in [5, 5.41) is 42.8. The normalized spacial score (nSPS) is 17.0. The summed E-state index contributed by atoms with van der Waals surface area (Å²) in [7, 11) is 0. The van der Waals surface area contributed by atoms with Crippen LogP contribution in [0.2, 0.25) is 0 Å². The van der Waals surface area contributed by atoms with Gasteiger partial charge in [0.2, 0.25) is 0 Å². The zero-order valence-corrected chi connectivity index (χ0v) is 48.5. The van der Waals surface area contributed by atoms with Crippen LogP contribution in [-0.4, -0.2) is 91.7 Å². The third-order valence-electron chi connectivity index (χ3n) is 16.2. The Balaban J connectivity index is 0.000000232. The standard InChI is InChI=1S/2C29H35F3N2O3.C6H10O4/c2*1-3-21-14-23(10-11-24(21)15-34-16-25(17-34)28(35)36)19(2)33-37-18-20-9-12-26(22-7-5-4-6-8-22)27(13-20)29(30,31)32;7-5(8)3-1-2-4-6(9)10/h2*9-14,22,25H,3-8,15-18H2,1-2H3,(H,35,36);1-4H2,(H,7,8)(H,9,10)/b2*33-19+;. The van der Waals surface area contributed by atoms with Crippen molar-refractivity contribution in [2.24, 2.45) is 22.1 Å². The molecule has 2 aliphatic carbocycles. The molecule has 8 rings (SSSR count). The van der Waals surface area contributed by atoms with E-state index in [0.717, 1.165) is 110 Å². The number of carboxylic acids is 4. The van der Waals surface area contributed by atoms with Gasteiger partial charge in [-0.3, -0.25) is 29.0 Å². The number of benzene rings is 4. The van der Waals surface area contributed by atoms with Crippen molar-refractivity contribution in [2.75, 3.05) is 26.2 Å². The summed E-state index contributed by atoms with van der Waals surface area (Å²) < 4.78 is 82.9. The molecule has 84 heavy (non-hydrogen) atoms. The summed E-state index contributed by atoms with van der Waals surface area (Å²) in [6, 6.07) is 21.2. The van der Waals surface area contributed by atoms with Gasteiger partial charge in [0.05, 0.1) is 34.4 Å². The molecule has 4 aromatic carbocycles. The highest BCUT2D eigenvalue weighted by Crippen LogP contribution is 2.43. The molecule has 0 spiro atoms. The molecule has 0 unspecified atom stereocenters. The maximum atomic E-state index is 13.8. The Bertz CT molecular complexity index is 2730. The zero-order valence-electron chi connectivity index (χ0n) is 48.5. The predicted octanol–water partition coefficient (Wildman–Crippen LogP) is 14.3. The molecule has 20 heteroatoms. The summed E-state index contributed by atoms with van der Waals surface area (Å²) in [5.74, 6) is -3.87. The van der Waals surface area contributed by atoms with Gasteiger partial charge in [0.15, 0.2) is 0 Å². The maximum absolute atomic E-state index is 13.8. The largest absolute Gasteiger partial charge is 0.481 e. The Morgan fingerprint density at radius 1 is 0.512 bits per heavy atom. The van der Waals surface area contributed by atoms with Gasteiger partial charge >= 0.3 is 36.2 Å². The Kier molecular flexibility index (Phi) is 24.8. The minimum Gasteiger partial charge on any atom is -0.481 e. The average Bonchev–Trinajstić information content (AvgIpc) is 3.60. The van der Waals surface area contributed by atoms with Crippen LogP contribution >= 0.6 is 0 Å². The molecule has 2 heterocycles. The third-order valence-corrected chi connectivity index (χ3v) is 16.2. The van der Waals surface area contributed by atoms with Crippen LogP contribution in [0.15, 0.2) is 83.1 Å². The first-order valence-corrected chi connectivity index (χ1v) is 29.2. The number of hydrogen-bond acceptors (Lipinski definition) is 10. The average molecular weight is 1180 g/mol. The first kappa shape index (κ1) is 66.3. The number of halogens is 6. The highest BCUT2D eigenvalue weighted by Gasteiger charge is 2.38. The van der Waals surface area contributed by atoms with E-state index in [0.29, 0.717) is 85.8 Å². The molecule has 0 aromatic heterocycles. The quantitative estimate of drug-likeness (QED) is 0.0238. The molecular weight excluding hydrogens is 1100 g/mol. The third kappa shape index (κ3) is 19.9. The van der Waals surface area contributed by atoms with E-state index in [4.69, 9.17) is 30.1 Å².